The maximum absolute atomic E-state index is 13.0. The van der Waals surface area contributed by atoms with E-state index in [-0.39, 0.29) is 22.5 Å². The van der Waals surface area contributed by atoms with E-state index in [2.05, 4.69) is 5.32 Å². The van der Waals surface area contributed by atoms with Gasteiger partial charge in [-0.3, -0.25) is 4.79 Å². The van der Waals surface area contributed by atoms with Crippen molar-refractivity contribution >= 4 is 23.2 Å². The number of piperidine rings is 1. The minimum Gasteiger partial charge on any atom is -0.325 e. The van der Waals surface area contributed by atoms with Crippen LogP contribution in [-0.2, 0) is 11.0 Å². The number of nitrogens with zero attached hydrogens (tertiary/aromatic N) is 1. The zero-order valence-electron chi connectivity index (χ0n) is 11.5. The van der Waals surface area contributed by atoms with Gasteiger partial charge in [-0.25, -0.2) is 0 Å². The molecule has 0 spiro atoms. The number of halogens is 4. The van der Waals surface area contributed by atoms with E-state index in [9.17, 15) is 18.0 Å². The summed E-state index contributed by atoms with van der Waals surface area (Å²) in [5, 5.41) is 2.37. The molecule has 0 aliphatic carbocycles. The van der Waals surface area contributed by atoms with Gasteiger partial charge in [0.15, 0.2) is 0 Å². The van der Waals surface area contributed by atoms with Crippen molar-refractivity contribution < 1.29 is 18.0 Å². The zero-order valence-corrected chi connectivity index (χ0v) is 12.3. The van der Waals surface area contributed by atoms with E-state index < -0.39 is 11.7 Å². The molecule has 1 aliphatic rings. The van der Waals surface area contributed by atoms with Gasteiger partial charge >= 0.3 is 6.18 Å². The number of nitrogens with one attached hydrogen (secondary N) is 1. The molecule has 1 amide bonds. The number of amides is 1. The highest BCUT2D eigenvalue weighted by atomic mass is 35.5. The first-order chi connectivity index (χ1) is 9.77. The molecule has 1 atom stereocenters. The first-order valence-corrected chi connectivity index (χ1v) is 7.01. The lowest BCUT2D eigenvalue weighted by atomic mass is 9.97. The number of likely N-dealkylation sites (tertiary alicyclic amines) is 1. The van der Waals surface area contributed by atoms with Crippen molar-refractivity contribution in [3.63, 3.8) is 0 Å². The molecule has 1 fully saturated rings. The molecule has 7 heteroatoms. The lowest BCUT2D eigenvalue weighted by Crippen LogP contribution is -2.38. The minimum absolute atomic E-state index is 0.0160. The second-order valence-corrected chi connectivity index (χ2v) is 5.71. The standard InChI is InChI=1S/C14H16ClF3N2O/c1-20-6-2-3-9(8-20)13(21)19-12-5-4-10(15)7-11(12)14(16,17)18/h4-5,7,9H,2-3,6,8H2,1H3,(H,19,21). The van der Waals surface area contributed by atoms with Crippen molar-refractivity contribution in [1.29, 1.82) is 0 Å². The van der Waals surface area contributed by atoms with Crippen molar-refractivity contribution in [2.45, 2.75) is 19.0 Å². The van der Waals surface area contributed by atoms with Crippen LogP contribution in [0.3, 0.4) is 0 Å². The number of rotatable bonds is 2. The van der Waals surface area contributed by atoms with E-state index in [4.69, 9.17) is 11.6 Å². The Morgan fingerprint density at radius 2 is 2.14 bits per heavy atom. The molecule has 116 valence electrons. The van der Waals surface area contributed by atoms with Crippen LogP contribution in [0.4, 0.5) is 18.9 Å². The van der Waals surface area contributed by atoms with Crippen LogP contribution in [0.2, 0.25) is 5.02 Å². The number of carbonyl (C=O) groups is 1. The van der Waals surface area contributed by atoms with Crippen LogP contribution in [0.25, 0.3) is 0 Å². The van der Waals surface area contributed by atoms with Gasteiger partial charge in [0.1, 0.15) is 0 Å². The third-order valence-corrected chi connectivity index (χ3v) is 3.78. The van der Waals surface area contributed by atoms with Crippen molar-refractivity contribution in [3.05, 3.63) is 28.8 Å². The van der Waals surface area contributed by atoms with E-state index in [1.54, 1.807) is 0 Å². The molecule has 21 heavy (non-hydrogen) atoms. The maximum Gasteiger partial charge on any atom is 0.418 e. The molecule has 0 aromatic heterocycles. The third kappa shape index (κ3) is 4.11. The summed E-state index contributed by atoms with van der Waals surface area (Å²) in [4.78, 5) is 14.1. The Kier molecular flexibility index (Phi) is 4.78. The molecule has 1 N–H and O–H groups in total. The van der Waals surface area contributed by atoms with Gasteiger partial charge in [0, 0.05) is 11.6 Å². The first-order valence-electron chi connectivity index (χ1n) is 6.63. The molecular weight excluding hydrogens is 305 g/mol. The molecule has 1 aliphatic heterocycles. The van der Waals surface area contributed by atoms with Gasteiger partial charge in [0.05, 0.1) is 17.2 Å². The fraction of sp³-hybridized carbons (Fsp3) is 0.500. The van der Waals surface area contributed by atoms with E-state index in [0.717, 1.165) is 19.0 Å². The molecule has 3 nitrogen and oxygen atoms in total. The Morgan fingerprint density at radius 3 is 2.76 bits per heavy atom. The molecule has 1 aromatic rings. The van der Waals surface area contributed by atoms with E-state index in [0.29, 0.717) is 13.0 Å². The van der Waals surface area contributed by atoms with Crippen molar-refractivity contribution in [2.75, 3.05) is 25.5 Å². The normalized spacial score (nSPS) is 20.3. The molecule has 1 saturated heterocycles. The highest BCUT2D eigenvalue weighted by Gasteiger charge is 2.35. The van der Waals surface area contributed by atoms with Gasteiger partial charge in [-0.2, -0.15) is 13.2 Å². The van der Waals surface area contributed by atoms with Crippen molar-refractivity contribution in [3.8, 4) is 0 Å². The highest BCUT2D eigenvalue weighted by Crippen LogP contribution is 2.36. The molecule has 1 unspecified atom stereocenters. The van der Waals surface area contributed by atoms with E-state index in [1.165, 1.54) is 12.1 Å². The van der Waals surface area contributed by atoms with Gasteiger partial charge < -0.3 is 10.2 Å². The van der Waals surface area contributed by atoms with Gasteiger partial charge in [0.2, 0.25) is 5.91 Å². The van der Waals surface area contributed by atoms with Crippen molar-refractivity contribution in [1.82, 2.24) is 4.90 Å². The van der Waals surface area contributed by atoms with Crippen LogP contribution in [0.5, 0.6) is 0 Å². The van der Waals surface area contributed by atoms with Gasteiger partial charge in [0.25, 0.3) is 0 Å². The zero-order chi connectivity index (χ0) is 15.6. The summed E-state index contributed by atoms with van der Waals surface area (Å²) in [6.07, 6.45) is -3.01. The topological polar surface area (TPSA) is 32.3 Å². The summed E-state index contributed by atoms with van der Waals surface area (Å²) in [5.74, 6) is -0.671. The fourth-order valence-corrected chi connectivity index (χ4v) is 2.65. The summed E-state index contributed by atoms with van der Waals surface area (Å²) < 4.78 is 38.9. The van der Waals surface area contributed by atoms with Crippen LogP contribution >= 0.6 is 11.6 Å². The number of benzene rings is 1. The average Bonchev–Trinajstić information content (AvgIpc) is 2.39. The quantitative estimate of drug-likeness (QED) is 0.902. The maximum atomic E-state index is 13.0. The molecule has 0 saturated carbocycles. The summed E-state index contributed by atoms with van der Waals surface area (Å²) in [6.45, 7) is 1.46. The molecule has 0 bridgehead atoms. The Bertz CT molecular complexity index is 533. The predicted molar refractivity (Wildman–Crippen MR) is 75.3 cm³/mol. The number of alkyl halides is 3. The van der Waals surface area contributed by atoms with Crippen LogP contribution in [-0.4, -0.2) is 30.9 Å². The van der Waals surface area contributed by atoms with Gasteiger partial charge in [-0.05, 0) is 44.6 Å². The predicted octanol–water partition coefficient (Wildman–Crippen LogP) is 3.64. The lowest BCUT2D eigenvalue weighted by Gasteiger charge is -2.29. The largest absolute Gasteiger partial charge is 0.418 e. The Labute approximate surface area is 126 Å². The summed E-state index contributed by atoms with van der Waals surface area (Å²) in [5.41, 5.74) is -1.17. The first kappa shape index (κ1) is 16.1. The molecule has 2 rings (SSSR count). The smallest absolute Gasteiger partial charge is 0.325 e. The Morgan fingerprint density at radius 1 is 1.43 bits per heavy atom. The minimum atomic E-state index is -4.56. The highest BCUT2D eigenvalue weighted by molar-refractivity contribution is 6.30. The fourth-order valence-electron chi connectivity index (χ4n) is 2.48. The SMILES string of the molecule is CN1CCCC(C(=O)Nc2ccc(Cl)cc2C(F)(F)F)C1. The van der Waals surface area contributed by atoms with E-state index >= 15 is 0 Å². The molecule has 1 aromatic carbocycles. The second-order valence-electron chi connectivity index (χ2n) is 5.28. The van der Waals surface area contributed by atoms with Crippen LogP contribution < -0.4 is 5.32 Å². The van der Waals surface area contributed by atoms with Crippen LogP contribution in [0.1, 0.15) is 18.4 Å². The Balaban J connectivity index is 2.17. The second kappa shape index (κ2) is 6.23. The lowest BCUT2D eigenvalue weighted by molar-refractivity contribution is -0.137. The molecule has 1 heterocycles. The van der Waals surface area contributed by atoms with Crippen LogP contribution in [0, 0.1) is 5.92 Å². The summed E-state index contributed by atoms with van der Waals surface area (Å²) in [7, 11) is 1.89. The number of anilines is 1. The third-order valence-electron chi connectivity index (χ3n) is 3.54. The monoisotopic (exact) mass is 320 g/mol. The molecular formula is C14H16ClF3N2O. The van der Waals surface area contributed by atoms with Gasteiger partial charge in [-0.15, -0.1) is 0 Å². The number of hydrogen-bond donors (Lipinski definition) is 1. The number of hydrogen-bond acceptors (Lipinski definition) is 2. The van der Waals surface area contributed by atoms with Gasteiger partial charge in [-0.1, -0.05) is 11.6 Å². The number of carbonyl (C=O) groups excluding carboxylic acids is 1. The summed E-state index contributed by atoms with van der Waals surface area (Å²) >= 11 is 5.61. The van der Waals surface area contributed by atoms with Crippen molar-refractivity contribution in [2.24, 2.45) is 5.92 Å². The van der Waals surface area contributed by atoms with E-state index in [1.807, 2.05) is 11.9 Å². The van der Waals surface area contributed by atoms with Crippen LogP contribution in [0.15, 0.2) is 18.2 Å². The molecule has 0 radical (unpaired) electrons. The average molecular weight is 321 g/mol. The summed E-state index contributed by atoms with van der Waals surface area (Å²) in [6, 6.07) is 3.35. The Hall–Kier alpha value is -1.27.